The average Bonchev–Trinajstić information content (AvgIpc) is 3.61. The maximum Gasteiger partial charge on any atom is 0.271 e. The van der Waals surface area contributed by atoms with Crippen LogP contribution in [0, 0.1) is 11.3 Å². The molecule has 2 unspecified atom stereocenters. The summed E-state index contributed by atoms with van der Waals surface area (Å²) in [6, 6.07) is 17.7. The number of carbonyl (C=O) groups excluding carboxylic acids is 1. The molecule has 5 heterocycles. The van der Waals surface area contributed by atoms with E-state index < -0.39 is 12.3 Å². The number of anilines is 2. The van der Waals surface area contributed by atoms with Crippen molar-refractivity contribution in [3.8, 4) is 23.2 Å². The summed E-state index contributed by atoms with van der Waals surface area (Å²) in [4.78, 5) is 29.7. The summed E-state index contributed by atoms with van der Waals surface area (Å²) in [6.45, 7) is 4.16. The quantitative estimate of drug-likeness (QED) is 0.294. The second-order valence-corrected chi connectivity index (χ2v) is 11.9. The summed E-state index contributed by atoms with van der Waals surface area (Å²) in [5.41, 5.74) is 3.35. The van der Waals surface area contributed by atoms with Crippen LogP contribution >= 0.6 is 0 Å². The minimum Gasteiger partial charge on any atom is -0.486 e. The fourth-order valence-electron chi connectivity index (χ4n) is 6.26. The third-order valence-corrected chi connectivity index (χ3v) is 9.01. The number of alkyl halides is 1. The number of piperidine rings is 2. The van der Waals surface area contributed by atoms with E-state index in [2.05, 4.69) is 53.6 Å². The molecule has 0 spiro atoms. The third kappa shape index (κ3) is 6.40. The predicted octanol–water partition coefficient (Wildman–Crippen LogP) is 4.09. The van der Waals surface area contributed by atoms with Crippen molar-refractivity contribution < 1.29 is 18.7 Å². The van der Waals surface area contributed by atoms with Crippen LogP contribution in [-0.4, -0.2) is 98.6 Å². The Morgan fingerprint density at radius 2 is 1.89 bits per heavy atom. The Hall–Kier alpha value is -4.93. The van der Waals surface area contributed by atoms with E-state index in [4.69, 9.17) is 9.47 Å². The smallest absolute Gasteiger partial charge is 0.271 e. The second-order valence-electron chi connectivity index (χ2n) is 11.9. The van der Waals surface area contributed by atoms with Crippen LogP contribution in [0.15, 0.2) is 61.1 Å². The van der Waals surface area contributed by atoms with Gasteiger partial charge in [0.15, 0.2) is 12.0 Å². The minimum absolute atomic E-state index is 0.109. The van der Waals surface area contributed by atoms with Crippen molar-refractivity contribution >= 4 is 17.5 Å². The van der Waals surface area contributed by atoms with E-state index in [1.807, 2.05) is 12.1 Å². The van der Waals surface area contributed by atoms with E-state index in [9.17, 15) is 10.1 Å². The lowest BCUT2D eigenvalue weighted by Gasteiger charge is -2.41. The predicted molar refractivity (Wildman–Crippen MR) is 166 cm³/mol. The van der Waals surface area contributed by atoms with Gasteiger partial charge in [-0.1, -0.05) is 12.1 Å². The number of nitrogens with one attached hydrogen (secondary N) is 2. The molecule has 13 heteroatoms. The highest BCUT2D eigenvalue weighted by Gasteiger charge is 2.34. The molecule has 7 rings (SSSR count). The lowest BCUT2D eigenvalue weighted by Crippen LogP contribution is -2.51. The normalized spacial score (nSPS) is 20.9. The second kappa shape index (κ2) is 13.2. The van der Waals surface area contributed by atoms with Crippen molar-refractivity contribution in [1.82, 2.24) is 34.9 Å². The molecule has 3 aliphatic heterocycles. The summed E-state index contributed by atoms with van der Waals surface area (Å²) in [7, 11) is 0. The first-order valence-corrected chi connectivity index (χ1v) is 15.6. The number of likely N-dealkylation sites (tertiary alicyclic amines) is 2. The fraction of sp³-hybridized carbons (Fsp3) is 0.394. The molecular weight excluding hydrogens is 589 g/mol. The zero-order valence-electron chi connectivity index (χ0n) is 25.2. The van der Waals surface area contributed by atoms with E-state index >= 15 is 4.39 Å². The SMILES string of the molecule is N#Cc1cc(-c2ncnc(Nc3ccc(C4CCN(C5COC5)CC4)cc3)n2)ccc1OC1CCN(C(=O)c2ccn[nH]2)CC1F. The van der Waals surface area contributed by atoms with Crippen LogP contribution in [-0.2, 0) is 4.74 Å². The van der Waals surface area contributed by atoms with Crippen LogP contribution in [0.3, 0.4) is 0 Å². The van der Waals surface area contributed by atoms with Crippen LogP contribution in [0.2, 0.25) is 0 Å². The molecule has 2 aromatic carbocycles. The number of rotatable bonds is 8. The van der Waals surface area contributed by atoms with Crippen molar-refractivity contribution in [2.75, 3.05) is 44.7 Å². The summed E-state index contributed by atoms with van der Waals surface area (Å²) >= 11 is 0. The van der Waals surface area contributed by atoms with Gasteiger partial charge < -0.3 is 19.7 Å². The van der Waals surface area contributed by atoms with Gasteiger partial charge in [-0.3, -0.25) is 14.8 Å². The molecule has 2 aromatic heterocycles. The number of hydrogen-bond donors (Lipinski definition) is 2. The van der Waals surface area contributed by atoms with Crippen molar-refractivity contribution in [2.45, 2.75) is 43.5 Å². The number of nitrogens with zero attached hydrogens (tertiary/aromatic N) is 7. The van der Waals surface area contributed by atoms with Gasteiger partial charge in [-0.05, 0) is 73.8 Å². The largest absolute Gasteiger partial charge is 0.486 e. The summed E-state index contributed by atoms with van der Waals surface area (Å²) in [5.74, 6) is 1.27. The monoisotopic (exact) mass is 623 g/mol. The number of halogens is 1. The van der Waals surface area contributed by atoms with Gasteiger partial charge in [0.25, 0.3) is 5.91 Å². The van der Waals surface area contributed by atoms with Gasteiger partial charge in [-0.25, -0.2) is 14.4 Å². The number of carbonyl (C=O) groups is 1. The van der Waals surface area contributed by atoms with Gasteiger partial charge in [0.05, 0.1) is 31.4 Å². The maximum atomic E-state index is 15.1. The lowest BCUT2D eigenvalue weighted by molar-refractivity contribution is -0.0712. The zero-order chi connectivity index (χ0) is 31.5. The van der Waals surface area contributed by atoms with Crippen molar-refractivity contribution in [1.29, 1.82) is 5.26 Å². The highest BCUT2D eigenvalue weighted by atomic mass is 19.1. The average molecular weight is 624 g/mol. The number of aromatic amines is 1. The molecule has 0 aliphatic carbocycles. The Balaban J connectivity index is 0.968. The van der Waals surface area contributed by atoms with Crippen LogP contribution in [0.4, 0.5) is 16.0 Å². The summed E-state index contributed by atoms with van der Waals surface area (Å²) in [6.07, 6.45) is 3.27. The highest BCUT2D eigenvalue weighted by molar-refractivity contribution is 5.92. The van der Waals surface area contributed by atoms with Gasteiger partial charge in [0.1, 0.15) is 29.9 Å². The molecule has 2 atom stereocenters. The molecule has 236 valence electrons. The van der Waals surface area contributed by atoms with Crippen molar-refractivity contribution in [3.63, 3.8) is 0 Å². The summed E-state index contributed by atoms with van der Waals surface area (Å²) in [5, 5.41) is 19.5. The number of ether oxygens (including phenoxy) is 2. The van der Waals surface area contributed by atoms with Crippen molar-refractivity contribution in [2.24, 2.45) is 0 Å². The van der Waals surface area contributed by atoms with E-state index in [1.165, 1.54) is 23.0 Å². The van der Waals surface area contributed by atoms with Gasteiger partial charge in [-0.15, -0.1) is 0 Å². The van der Waals surface area contributed by atoms with Crippen LogP contribution in [0.25, 0.3) is 11.4 Å². The highest BCUT2D eigenvalue weighted by Crippen LogP contribution is 2.32. The molecule has 46 heavy (non-hydrogen) atoms. The van der Waals surface area contributed by atoms with Gasteiger partial charge in [-0.2, -0.15) is 15.3 Å². The number of benzene rings is 2. The molecule has 3 saturated heterocycles. The number of H-pyrrole nitrogens is 1. The van der Waals surface area contributed by atoms with Gasteiger partial charge in [0, 0.05) is 30.4 Å². The van der Waals surface area contributed by atoms with E-state index in [1.54, 1.807) is 24.3 Å². The molecular formula is C33H34FN9O3. The van der Waals surface area contributed by atoms with Crippen LogP contribution in [0.1, 0.15) is 46.8 Å². The maximum absolute atomic E-state index is 15.1. The van der Waals surface area contributed by atoms with E-state index in [-0.39, 0.29) is 30.2 Å². The molecule has 3 fully saturated rings. The Morgan fingerprint density at radius 1 is 1.07 bits per heavy atom. The van der Waals surface area contributed by atoms with E-state index in [0.29, 0.717) is 41.5 Å². The standard InChI is InChI=1S/C33H34FN9O3/c34-27-17-43(32(44)28-7-11-38-41-28)14-10-30(27)46-29-6-3-23(15-24(29)16-35)31-36-20-37-33(40-31)39-25-4-1-21(2-5-25)22-8-12-42(13-9-22)26-18-45-19-26/h1-7,11,15,20,22,26-27,30H,8-10,12-14,17-19H2,(H,38,41)(H,36,37,39,40). The van der Waals surface area contributed by atoms with Gasteiger partial charge >= 0.3 is 0 Å². The Kier molecular flexibility index (Phi) is 8.54. The molecule has 12 nitrogen and oxygen atoms in total. The zero-order valence-corrected chi connectivity index (χ0v) is 25.2. The number of aromatic nitrogens is 5. The number of nitriles is 1. The third-order valence-electron chi connectivity index (χ3n) is 9.01. The topological polar surface area (TPSA) is 145 Å². The lowest BCUT2D eigenvalue weighted by atomic mass is 9.88. The molecule has 0 radical (unpaired) electrons. The first-order chi connectivity index (χ1) is 22.5. The van der Waals surface area contributed by atoms with Crippen molar-refractivity contribution in [3.05, 3.63) is 77.9 Å². The van der Waals surface area contributed by atoms with Crippen LogP contribution in [0.5, 0.6) is 5.75 Å². The van der Waals surface area contributed by atoms with E-state index in [0.717, 1.165) is 44.8 Å². The molecule has 2 N–H and O–H groups in total. The molecule has 0 saturated carbocycles. The first-order valence-electron chi connectivity index (χ1n) is 15.6. The molecule has 3 aliphatic rings. The summed E-state index contributed by atoms with van der Waals surface area (Å²) < 4.78 is 26.4. The Morgan fingerprint density at radius 3 is 2.59 bits per heavy atom. The first kappa shape index (κ1) is 29.8. The molecule has 1 amide bonds. The Labute approximate surface area is 265 Å². The minimum atomic E-state index is -1.42. The molecule has 0 bridgehead atoms. The molecule has 4 aromatic rings. The fourth-order valence-corrected chi connectivity index (χ4v) is 6.26. The Bertz CT molecular complexity index is 1700. The number of amides is 1. The van der Waals surface area contributed by atoms with Crippen LogP contribution < -0.4 is 10.1 Å². The van der Waals surface area contributed by atoms with Gasteiger partial charge in [0.2, 0.25) is 5.95 Å². The number of hydrogen-bond acceptors (Lipinski definition) is 10.